The van der Waals surface area contributed by atoms with Crippen molar-refractivity contribution in [1.82, 2.24) is 25.1 Å². The average Bonchev–Trinajstić information content (AvgIpc) is 3.86. The first-order chi connectivity index (χ1) is 22.8. The number of hydrazone groups is 1. The van der Waals surface area contributed by atoms with Gasteiger partial charge in [0.2, 0.25) is 0 Å². The molecule has 0 bridgehead atoms. The Morgan fingerprint density at radius 3 is 2.55 bits per heavy atom. The van der Waals surface area contributed by atoms with Gasteiger partial charge in [0.15, 0.2) is 22.5 Å². The van der Waals surface area contributed by atoms with E-state index in [4.69, 9.17) is 26.2 Å². The van der Waals surface area contributed by atoms with Gasteiger partial charge in [-0.25, -0.2) is 9.40 Å². The fraction of sp³-hybridized carbons (Fsp3) is 0.182. The van der Waals surface area contributed by atoms with Crippen molar-refractivity contribution in [3.63, 3.8) is 0 Å². The molecule has 10 nitrogen and oxygen atoms in total. The van der Waals surface area contributed by atoms with Gasteiger partial charge in [0.1, 0.15) is 5.82 Å². The summed E-state index contributed by atoms with van der Waals surface area (Å²) in [4.78, 5) is 27.8. The van der Waals surface area contributed by atoms with Crippen LogP contribution in [0.5, 0.6) is 11.5 Å². The van der Waals surface area contributed by atoms with Crippen LogP contribution in [0.4, 0.5) is 4.39 Å². The van der Waals surface area contributed by atoms with E-state index >= 15 is 0 Å². The predicted molar refractivity (Wildman–Crippen MR) is 179 cm³/mol. The predicted octanol–water partition coefficient (Wildman–Crippen LogP) is 6.54. The van der Waals surface area contributed by atoms with Gasteiger partial charge in [0, 0.05) is 17.0 Å². The Balaban J connectivity index is 1.23. The minimum absolute atomic E-state index is 0.00435. The third-order valence-electron chi connectivity index (χ3n) is 7.37. The smallest absolute Gasteiger partial charge is 0.253 e. The van der Waals surface area contributed by atoms with Gasteiger partial charge in [-0.1, -0.05) is 47.6 Å². The molecule has 0 spiro atoms. The number of methoxy groups -OCH3 is 2. The fourth-order valence-electron chi connectivity index (χ4n) is 5.09. The molecule has 1 aliphatic heterocycles. The van der Waals surface area contributed by atoms with Crippen LogP contribution in [-0.4, -0.2) is 57.3 Å². The molecule has 5 aromatic rings. The van der Waals surface area contributed by atoms with Gasteiger partial charge in [-0.2, -0.15) is 5.10 Å². The van der Waals surface area contributed by atoms with E-state index in [-0.39, 0.29) is 36.0 Å². The first-order valence-electron chi connectivity index (χ1n) is 14.4. The van der Waals surface area contributed by atoms with Crippen molar-refractivity contribution >= 4 is 52.2 Å². The molecule has 0 aliphatic carbocycles. The average molecular weight is 691 g/mol. The summed E-state index contributed by atoms with van der Waals surface area (Å²) in [6, 6.07) is 21.7. The van der Waals surface area contributed by atoms with Gasteiger partial charge in [-0.3, -0.25) is 14.2 Å². The molecule has 0 fully saturated rings. The summed E-state index contributed by atoms with van der Waals surface area (Å²) in [6.45, 7) is 0.0361. The third-order valence-corrected chi connectivity index (χ3v) is 9.44. The lowest BCUT2D eigenvalue weighted by Gasteiger charge is -2.22. The number of amides is 2. The number of thioether (sulfide) groups is 1. The second-order valence-corrected chi connectivity index (χ2v) is 12.6. The van der Waals surface area contributed by atoms with E-state index < -0.39 is 0 Å². The summed E-state index contributed by atoms with van der Waals surface area (Å²) in [5.74, 6) is 0.408. The Morgan fingerprint density at radius 1 is 1.02 bits per heavy atom. The van der Waals surface area contributed by atoms with Crippen LogP contribution >= 0.6 is 34.7 Å². The zero-order chi connectivity index (χ0) is 32.9. The summed E-state index contributed by atoms with van der Waals surface area (Å²) in [6.07, 6.45) is 0.505. The third kappa shape index (κ3) is 7.17. The van der Waals surface area contributed by atoms with Crippen LogP contribution in [-0.2, 0) is 11.3 Å². The zero-order valence-corrected chi connectivity index (χ0v) is 27.6. The van der Waals surface area contributed by atoms with Crippen LogP contribution in [0.2, 0.25) is 5.02 Å². The number of halogens is 2. The summed E-state index contributed by atoms with van der Waals surface area (Å²) < 4.78 is 26.1. The highest BCUT2D eigenvalue weighted by molar-refractivity contribution is 7.99. The topological polar surface area (TPSA) is 111 Å². The SMILES string of the molecule is COc1ccc(C(=O)NCc2nnc(SCC(=O)N3N=C(c4cccs4)C[C@H]3c3ccc(F)cc3)n2-c2cccc(Cl)c2)cc1OC. The molecular formula is C33H28ClFN6O4S2. The Kier molecular flexibility index (Phi) is 9.85. The van der Waals surface area contributed by atoms with E-state index in [1.54, 1.807) is 64.4 Å². The molecule has 240 valence electrons. The molecule has 1 atom stereocenters. The van der Waals surface area contributed by atoms with E-state index in [1.165, 1.54) is 43.1 Å². The number of thiophene rings is 1. The number of aromatic nitrogens is 3. The number of nitrogens with one attached hydrogen (secondary N) is 1. The largest absolute Gasteiger partial charge is 0.493 e. The Bertz CT molecular complexity index is 1930. The maximum atomic E-state index is 13.7. The molecule has 0 unspecified atom stereocenters. The molecular weight excluding hydrogens is 663 g/mol. The van der Waals surface area contributed by atoms with Crippen LogP contribution in [0, 0.1) is 5.82 Å². The first kappa shape index (κ1) is 32.2. The van der Waals surface area contributed by atoms with E-state index in [9.17, 15) is 14.0 Å². The number of hydrogen-bond donors (Lipinski definition) is 1. The molecule has 3 heterocycles. The highest BCUT2D eigenvalue weighted by atomic mass is 35.5. The van der Waals surface area contributed by atoms with Gasteiger partial charge in [0.25, 0.3) is 11.8 Å². The molecule has 1 N–H and O–H groups in total. The molecule has 6 rings (SSSR count). The van der Waals surface area contributed by atoms with E-state index in [2.05, 4.69) is 15.5 Å². The second kappa shape index (κ2) is 14.4. The monoisotopic (exact) mass is 690 g/mol. The van der Waals surface area contributed by atoms with Gasteiger partial charge in [-0.05, 0) is 65.5 Å². The Labute approximate surface area is 283 Å². The molecule has 0 radical (unpaired) electrons. The fourth-order valence-corrected chi connectivity index (χ4v) is 6.82. The molecule has 14 heteroatoms. The van der Waals surface area contributed by atoms with E-state index in [0.717, 1.165) is 16.2 Å². The van der Waals surface area contributed by atoms with Gasteiger partial charge >= 0.3 is 0 Å². The summed E-state index contributed by atoms with van der Waals surface area (Å²) >= 11 is 9.06. The lowest BCUT2D eigenvalue weighted by atomic mass is 10.0. The Morgan fingerprint density at radius 2 is 1.83 bits per heavy atom. The summed E-state index contributed by atoms with van der Waals surface area (Å²) in [7, 11) is 3.02. The van der Waals surface area contributed by atoms with Crippen molar-refractivity contribution in [2.45, 2.75) is 24.2 Å². The number of nitrogens with zero attached hydrogens (tertiary/aromatic N) is 5. The van der Waals surface area contributed by atoms with Crippen LogP contribution in [0.15, 0.2) is 94.5 Å². The molecule has 3 aromatic carbocycles. The number of rotatable bonds is 11. The van der Waals surface area contributed by atoms with Crippen molar-refractivity contribution in [1.29, 1.82) is 0 Å². The van der Waals surface area contributed by atoms with Gasteiger partial charge in [-0.15, -0.1) is 21.5 Å². The van der Waals surface area contributed by atoms with Crippen molar-refractivity contribution in [2.75, 3.05) is 20.0 Å². The lowest BCUT2D eigenvalue weighted by molar-refractivity contribution is -0.130. The van der Waals surface area contributed by atoms with Crippen LogP contribution in [0.25, 0.3) is 5.69 Å². The van der Waals surface area contributed by atoms with Crippen molar-refractivity contribution < 1.29 is 23.5 Å². The van der Waals surface area contributed by atoms with Crippen molar-refractivity contribution in [2.24, 2.45) is 5.10 Å². The molecule has 0 saturated carbocycles. The van der Waals surface area contributed by atoms with Crippen LogP contribution in [0.3, 0.4) is 0 Å². The number of carbonyl (C=O) groups is 2. The highest BCUT2D eigenvalue weighted by Crippen LogP contribution is 2.35. The maximum absolute atomic E-state index is 13.7. The second-order valence-electron chi connectivity index (χ2n) is 10.3. The highest BCUT2D eigenvalue weighted by Gasteiger charge is 2.34. The number of carbonyl (C=O) groups excluding carboxylic acids is 2. The Hall–Kier alpha value is -4.72. The minimum Gasteiger partial charge on any atom is -0.493 e. The number of hydrogen-bond acceptors (Lipinski definition) is 9. The summed E-state index contributed by atoms with van der Waals surface area (Å²) in [5, 5.41) is 20.6. The zero-order valence-electron chi connectivity index (χ0n) is 25.2. The normalized spacial score (nSPS) is 14.2. The van der Waals surface area contributed by atoms with Crippen molar-refractivity contribution in [3.8, 4) is 17.2 Å². The number of ether oxygens (including phenoxy) is 2. The van der Waals surface area contributed by atoms with Gasteiger partial charge < -0.3 is 14.8 Å². The van der Waals surface area contributed by atoms with Crippen LogP contribution < -0.4 is 14.8 Å². The quantitative estimate of drug-likeness (QED) is 0.157. The van der Waals surface area contributed by atoms with E-state index in [1.807, 2.05) is 23.6 Å². The summed E-state index contributed by atoms with van der Waals surface area (Å²) in [5.41, 5.74) is 2.62. The number of benzene rings is 3. The molecule has 2 aromatic heterocycles. The lowest BCUT2D eigenvalue weighted by Crippen LogP contribution is -2.28. The van der Waals surface area contributed by atoms with Gasteiger partial charge in [0.05, 0.1) is 48.8 Å². The van der Waals surface area contributed by atoms with Crippen LogP contribution in [0.1, 0.15) is 39.1 Å². The molecule has 47 heavy (non-hydrogen) atoms. The minimum atomic E-state index is -0.381. The first-order valence-corrected chi connectivity index (χ1v) is 16.6. The van der Waals surface area contributed by atoms with Crippen molar-refractivity contribution in [3.05, 3.63) is 117 Å². The standard InChI is InChI=1S/C33H28ClFN6O4S2/c1-44-27-13-10-21(15-28(27)45-2)32(43)36-18-30-37-38-33(40(30)24-6-3-5-22(34)16-24)47-19-31(42)41-26(20-8-11-23(35)12-9-20)17-25(39-41)29-7-4-14-46-29/h3-16,26H,17-19H2,1-2H3,(H,36,43)/t26-/m0/s1. The molecule has 2 amide bonds. The molecule has 0 saturated heterocycles. The van der Waals surface area contributed by atoms with E-state index in [0.29, 0.717) is 45.2 Å². The maximum Gasteiger partial charge on any atom is 0.253 e. The molecule has 1 aliphatic rings.